The average Bonchev–Trinajstić information content (AvgIpc) is 3.27. The molecule has 0 radical (unpaired) electrons. The molecule has 0 spiro atoms. The third-order valence-electron chi connectivity index (χ3n) is 6.14. The maximum Gasteiger partial charge on any atom is 0.326 e. The van der Waals surface area contributed by atoms with Crippen LogP contribution in [0.1, 0.15) is 61.8 Å². The molecule has 1 aliphatic heterocycles. The molecule has 3 N–H and O–H groups in total. The summed E-state index contributed by atoms with van der Waals surface area (Å²) in [6, 6.07) is 6.00. The Morgan fingerprint density at radius 1 is 1.23 bits per heavy atom. The predicted molar refractivity (Wildman–Crippen MR) is 102 cm³/mol. The maximum atomic E-state index is 12.9. The summed E-state index contributed by atoms with van der Waals surface area (Å²) in [5.74, 6) is 0.395. The summed E-state index contributed by atoms with van der Waals surface area (Å²) in [6.07, 6.45) is 6.54. The van der Waals surface area contributed by atoms with Crippen molar-refractivity contribution in [3.05, 3.63) is 34.2 Å². The fraction of sp³-hybridized carbons (Fsp3) is 0.600. The second-order valence-corrected chi connectivity index (χ2v) is 7.98. The second-order valence-electron chi connectivity index (χ2n) is 7.98. The normalized spacial score (nSPS) is 22.8. The van der Waals surface area contributed by atoms with Crippen LogP contribution in [-0.4, -0.2) is 39.5 Å². The monoisotopic (exact) mass is 356 g/mol. The summed E-state index contributed by atoms with van der Waals surface area (Å²) < 4.78 is 1.88. The first-order chi connectivity index (χ1) is 12.5. The molecule has 2 aliphatic rings. The van der Waals surface area contributed by atoms with Gasteiger partial charge in [0.25, 0.3) is 5.91 Å². The first kappa shape index (κ1) is 17.3. The van der Waals surface area contributed by atoms with Gasteiger partial charge < -0.3 is 15.6 Å². The van der Waals surface area contributed by atoms with Gasteiger partial charge in [-0.2, -0.15) is 0 Å². The molecule has 26 heavy (non-hydrogen) atoms. The van der Waals surface area contributed by atoms with Crippen molar-refractivity contribution in [3.63, 3.8) is 0 Å². The molecule has 0 bridgehead atoms. The van der Waals surface area contributed by atoms with Gasteiger partial charge in [-0.1, -0.05) is 12.8 Å². The van der Waals surface area contributed by atoms with Gasteiger partial charge in [-0.25, -0.2) is 4.79 Å². The Morgan fingerprint density at radius 2 is 2.00 bits per heavy atom. The number of likely N-dealkylation sites (tertiary alicyclic amines) is 1. The van der Waals surface area contributed by atoms with Gasteiger partial charge in [0.05, 0.1) is 11.0 Å². The number of imidazole rings is 1. The second kappa shape index (κ2) is 6.91. The van der Waals surface area contributed by atoms with E-state index in [2.05, 4.69) is 4.98 Å². The van der Waals surface area contributed by atoms with E-state index < -0.39 is 0 Å². The van der Waals surface area contributed by atoms with Crippen LogP contribution in [0.15, 0.2) is 23.0 Å². The molecule has 1 aromatic heterocycles. The molecule has 2 atom stereocenters. The number of nitrogens with zero attached hydrogens (tertiary/aromatic N) is 2. The van der Waals surface area contributed by atoms with E-state index in [1.807, 2.05) is 34.6 Å². The summed E-state index contributed by atoms with van der Waals surface area (Å²) in [6.45, 7) is 3.51. The summed E-state index contributed by atoms with van der Waals surface area (Å²) in [7, 11) is 0. The molecule has 2 heterocycles. The predicted octanol–water partition coefficient (Wildman–Crippen LogP) is 2.64. The number of carbonyl (C=O) groups is 1. The molecule has 4 rings (SSSR count). The van der Waals surface area contributed by atoms with Gasteiger partial charge in [-0.05, 0) is 56.7 Å². The standard InChI is InChI=1S/C20H28N4O2/c1-13(21)15-5-4-10-23(12-15)19(25)14-8-9-18-17(11-14)22-20(26)24(18)16-6-2-3-7-16/h8-9,11,13,15-16H,2-7,10,12,21H2,1H3,(H,22,26). The van der Waals surface area contributed by atoms with Crippen LogP contribution in [0.3, 0.4) is 0 Å². The summed E-state index contributed by atoms with van der Waals surface area (Å²) in [4.78, 5) is 30.2. The highest BCUT2D eigenvalue weighted by molar-refractivity contribution is 5.97. The zero-order valence-corrected chi connectivity index (χ0v) is 15.4. The molecule has 1 amide bonds. The van der Waals surface area contributed by atoms with Crippen molar-refractivity contribution in [1.82, 2.24) is 14.5 Å². The number of rotatable bonds is 3. The number of aromatic amines is 1. The van der Waals surface area contributed by atoms with E-state index in [1.165, 1.54) is 12.8 Å². The number of carbonyl (C=O) groups excluding carboxylic acids is 1. The van der Waals surface area contributed by atoms with Crippen LogP contribution in [0.2, 0.25) is 0 Å². The van der Waals surface area contributed by atoms with Gasteiger partial charge in [0.15, 0.2) is 0 Å². The topological polar surface area (TPSA) is 84.1 Å². The first-order valence-electron chi connectivity index (χ1n) is 9.83. The lowest BCUT2D eigenvalue weighted by Crippen LogP contribution is -2.45. The van der Waals surface area contributed by atoms with E-state index in [0.717, 1.165) is 43.3 Å². The lowest BCUT2D eigenvalue weighted by atomic mass is 9.92. The van der Waals surface area contributed by atoms with Crippen LogP contribution in [-0.2, 0) is 0 Å². The number of nitrogens with one attached hydrogen (secondary N) is 1. The quantitative estimate of drug-likeness (QED) is 0.887. The van der Waals surface area contributed by atoms with E-state index >= 15 is 0 Å². The van der Waals surface area contributed by atoms with Gasteiger partial charge >= 0.3 is 5.69 Å². The Hall–Kier alpha value is -2.08. The van der Waals surface area contributed by atoms with Crippen LogP contribution in [0, 0.1) is 5.92 Å². The van der Waals surface area contributed by atoms with Gasteiger partial charge in [0.2, 0.25) is 0 Å². The van der Waals surface area contributed by atoms with E-state index in [-0.39, 0.29) is 23.7 Å². The smallest absolute Gasteiger partial charge is 0.326 e. The minimum atomic E-state index is -0.0634. The number of aromatic nitrogens is 2. The van der Waals surface area contributed by atoms with Crippen LogP contribution >= 0.6 is 0 Å². The van der Waals surface area contributed by atoms with Gasteiger partial charge in [-0.3, -0.25) is 9.36 Å². The molecule has 2 fully saturated rings. The highest BCUT2D eigenvalue weighted by Crippen LogP contribution is 2.31. The molecular formula is C20H28N4O2. The highest BCUT2D eigenvalue weighted by Gasteiger charge is 2.27. The maximum absolute atomic E-state index is 12.9. The minimum Gasteiger partial charge on any atom is -0.338 e. The lowest BCUT2D eigenvalue weighted by molar-refractivity contribution is 0.0661. The van der Waals surface area contributed by atoms with Crippen LogP contribution in [0.25, 0.3) is 11.0 Å². The van der Waals surface area contributed by atoms with Gasteiger partial charge in [-0.15, -0.1) is 0 Å². The fourth-order valence-electron chi connectivity index (χ4n) is 4.60. The number of nitrogens with two attached hydrogens (primary N) is 1. The van der Waals surface area contributed by atoms with Crippen molar-refractivity contribution in [2.45, 2.75) is 57.5 Å². The van der Waals surface area contributed by atoms with E-state index in [0.29, 0.717) is 18.0 Å². The molecule has 1 aromatic carbocycles. The highest BCUT2D eigenvalue weighted by atomic mass is 16.2. The molecule has 1 saturated heterocycles. The largest absolute Gasteiger partial charge is 0.338 e. The molecule has 140 valence electrons. The third-order valence-corrected chi connectivity index (χ3v) is 6.14. The van der Waals surface area contributed by atoms with Gasteiger partial charge in [0.1, 0.15) is 0 Å². The Balaban J connectivity index is 1.61. The van der Waals surface area contributed by atoms with Gasteiger partial charge in [0, 0.05) is 30.7 Å². The minimum absolute atomic E-state index is 0.0340. The number of piperidine rings is 1. The third kappa shape index (κ3) is 3.07. The molecule has 1 saturated carbocycles. The molecular weight excluding hydrogens is 328 g/mol. The summed E-state index contributed by atoms with van der Waals surface area (Å²) >= 11 is 0. The van der Waals surface area contributed by atoms with Crippen molar-refractivity contribution in [2.75, 3.05) is 13.1 Å². The van der Waals surface area contributed by atoms with Crippen LogP contribution < -0.4 is 11.4 Å². The zero-order valence-electron chi connectivity index (χ0n) is 15.4. The van der Waals surface area contributed by atoms with Crippen LogP contribution in [0.5, 0.6) is 0 Å². The fourth-order valence-corrected chi connectivity index (χ4v) is 4.60. The Kier molecular flexibility index (Phi) is 4.61. The number of hydrogen-bond acceptors (Lipinski definition) is 3. The summed E-state index contributed by atoms with van der Waals surface area (Å²) in [5, 5.41) is 0. The van der Waals surface area contributed by atoms with Crippen molar-refractivity contribution in [1.29, 1.82) is 0 Å². The summed E-state index contributed by atoms with van der Waals surface area (Å²) in [5.41, 5.74) is 8.28. The van der Waals surface area contributed by atoms with Crippen LogP contribution in [0.4, 0.5) is 0 Å². The molecule has 6 nitrogen and oxygen atoms in total. The zero-order chi connectivity index (χ0) is 18.3. The Morgan fingerprint density at radius 3 is 2.73 bits per heavy atom. The van der Waals surface area contributed by atoms with E-state index in [9.17, 15) is 9.59 Å². The number of fused-ring (bicyclic) bond motifs is 1. The molecule has 2 unspecified atom stereocenters. The molecule has 2 aromatic rings. The number of benzene rings is 1. The Bertz CT molecular complexity index is 860. The van der Waals surface area contributed by atoms with E-state index in [4.69, 9.17) is 5.73 Å². The van der Waals surface area contributed by atoms with Crippen molar-refractivity contribution >= 4 is 16.9 Å². The van der Waals surface area contributed by atoms with Crippen molar-refractivity contribution < 1.29 is 4.79 Å². The van der Waals surface area contributed by atoms with E-state index in [1.54, 1.807) is 0 Å². The molecule has 1 aliphatic carbocycles. The first-order valence-corrected chi connectivity index (χ1v) is 9.83. The molecule has 6 heteroatoms. The van der Waals surface area contributed by atoms with Crippen molar-refractivity contribution in [2.24, 2.45) is 11.7 Å². The number of hydrogen-bond donors (Lipinski definition) is 2. The van der Waals surface area contributed by atoms with Crippen molar-refractivity contribution in [3.8, 4) is 0 Å². The lowest BCUT2D eigenvalue weighted by Gasteiger charge is -2.34. The number of amides is 1. The average molecular weight is 356 g/mol. The SMILES string of the molecule is CC(N)C1CCCN(C(=O)c2ccc3c(c2)[nH]c(=O)n3C2CCCC2)C1. The Labute approximate surface area is 153 Å². The number of H-pyrrole nitrogens is 1.